The molecule has 1 atom stereocenters. The molecule has 1 unspecified atom stereocenters. The predicted molar refractivity (Wildman–Crippen MR) is 80.1 cm³/mol. The minimum atomic E-state index is -0.828. The van der Waals surface area contributed by atoms with Crippen molar-refractivity contribution >= 4 is 21.9 Å². The molecular weight excluding hydrogens is 308 g/mol. The average Bonchev–Trinajstić information content (AvgIpc) is 2.37. The van der Waals surface area contributed by atoms with Crippen molar-refractivity contribution in [3.05, 3.63) is 34.3 Å². The van der Waals surface area contributed by atoms with E-state index in [2.05, 4.69) is 26.1 Å². The van der Waals surface area contributed by atoms with Crippen LogP contribution in [0.25, 0.3) is 0 Å². The van der Waals surface area contributed by atoms with Crippen molar-refractivity contribution in [2.45, 2.75) is 12.5 Å². The van der Waals surface area contributed by atoms with Crippen molar-refractivity contribution in [2.24, 2.45) is 0 Å². The Morgan fingerprint density at radius 1 is 1.37 bits per heavy atom. The van der Waals surface area contributed by atoms with Crippen molar-refractivity contribution < 1.29 is 9.53 Å². The third-order valence-corrected chi connectivity index (χ3v) is 3.58. The molecule has 0 amide bonds. The van der Waals surface area contributed by atoms with Gasteiger partial charge < -0.3 is 9.64 Å². The SMILES string of the molecule is COC(=O)C(C)(NCCN(C)C)c1ccc(Br)cc1. The fourth-order valence-electron chi connectivity index (χ4n) is 1.81. The molecule has 106 valence electrons. The van der Waals surface area contributed by atoms with Gasteiger partial charge in [0.2, 0.25) is 0 Å². The molecule has 0 radical (unpaired) electrons. The van der Waals surface area contributed by atoms with Crippen LogP contribution >= 0.6 is 15.9 Å². The number of likely N-dealkylation sites (N-methyl/N-ethyl adjacent to an activating group) is 1. The van der Waals surface area contributed by atoms with Gasteiger partial charge in [-0.25, -0.2) is 4.79 Å². The smallest absolute Gasteiger partial charge is 0.330 e. The Morgan fingerprint density at radius 2 is 1.95 bits per heavy atom. The quantitative estimate of drug-likeness (QED) is 0.811. The average molecular weight is 329 g/mol. The molecule has 0 fully saturated rings. The van der Waals surface area contributed by atoms with Crippen LogP contribution in [0.5, 0.6) is 0 Å². The van der Waals surface area contributed by atoms with Gasteiger partial charge in [0.25, 0.3) is 0 Å². The fourth-order valence-corrected chi connectivity index (χ4v) is 2.07. The van der Waals surface area contributed by atoms with E-state index >= 15 is 0 Å². The highest BCUT2D eigenvalue weighted by molar-refractivity contribution is 9.10. The molecule has 5 heteroatoms. The van der Waals surface area contributed by atoms with E-state index < -0.39 is 5.54 Å². The second kappa shape index (κ2) is 7.03. The number of nitrogens with zero attached hydrogens (tertiary/aromatic N) is 1. The molecule has 0 saturated heterocycles. The zero-order valence-corrected chi connectivity index (χ0v) is 13.5. The molecule has 1 rings (SSSR count). The lowest BCUT2D eigenvalue weighted by Crippen LogP contribution is -2.49. The Bertz CT molecular complexity index is 420. The van der Waals surface area contributed by atoms with E-state index in [0.29, 0.717) is 6.54 Å². The summed E-state index contributed by atoms with van der Waals surface area (Å²) in [5.74, 6) is -0.284. The van der Waals surface area contributed by atoms with Gasteiger partial charge in [-0.1, -0.05) is 28.1 Å². The fraction of sp³-hybridized carbons (Fsp3) is 0.500. The highest BCUT2D eigenvalue weighted by Gasteiger charge is 2.35. The topological polar surface area (TPSA) is 41.6 Å². The first-order valence-corrected chi connectivity index (χ1v) is 6.93. The number of carbonyl (C=O) groups is 1. The van der Waals surface area contributed by atoms with Gasteiger partial charge in [0.1, 0.15) is 5.54 Å². The Kier molecular flexibility index (Phi) is 5.97. The van der Waals surface area contributed by atoms with Crippen LogP contribution in [-0.2, 0) is 15.1 Å². The summed E-state index contributed by atoms with van der Waals surface area (Å²) < 4.78 is 5.91. The van der Waals surface area contributed by atoms with Crippen LogP contribution in [0.2, 0.25) is 0 Å². The van der Waals surface area contributed by atoms with Crippen molar-refractivity contribution in [3.63, 3.8) is 0 Å². The van der Waals surface area contributed by atoms with Gasteiger partial charge in [-0.3, -0.25) is 5.32 Å². The summed E-state index contributed by atoms with van der Waals surface area (Å²) in [6, 6.07) is 7.68. The maximum Gasteiger partial charge on any atom is 0.330 e. The Balaban J connectivity index is 2.92. The van der Waals surface area contributed by atoms with E-state index in [9.17, 15) is 4.79 Å². The van der Waals surface area contributed by atoms with Crippen LogP contribution in [0.3, 0.4) is 0 Å². The van der Waals surface area contributed by atoms with Crippen LogP contribution in [0.1, 0.15) is 12.5 Å². The molecule has 19 heavy (non-hydrogen) atoms. The Morgan fingerprint density at radius 3 is 2.42 bits per heavy atom. The summed E-state index contributed by atoms with van der Waals surface area (Å²) in [7, 11) is 5.40. The molecule has 0 saturated carbocycles. The molecule has 0 spiro atoms. The lowest BCUT2D eigenvalue weighted by Gasteiger charge is -2.29. The lowest BCUT2D eigenvalue weighted by molar-refractivity contribution is -0.148. The largest absolute Gasteiger partial charge is 0.467 e. The van der Waals surface area contributed by atoms with Gasteiger partial charge in [0.15, 0.2) is 0 Å². The first-order valence-electron chi connectivity index (χ1n) is 6.14. The number of methoxy groups -OCH3 is 1. The second-order valence-corrected chi connectivity index (χ2v) is 5.77. The highest BCUT2D eigenvalue weighted by Crippen LogP contribution is 2.24. The number of benzene rings is 1. The maximum atomic E-state index is 12.1. The van der Waals surface area contributed by atoms with Crippen LogP contribution in [0.15, 0.2) is 28.7 Å². The number of hydrogen-bond acceptors (Lipinski definition) is 4. The normalized spacial score (nSPS) is 14.2. The zero-order valence-electron chi connectivity index (χ0n) is 11.9. The van der Waals surface area contributed by atoms with Crippen molar-refractivity contribution in [1.29, 1.82) is 0 Å². The summed E-state index contributed by atoms with van der Waals surface area (Å²) in [4.78, 5) is 14.1. The molecule has 1 aromatic carbocycles. The number of rotatable bonds is 6. The summed E-state index contributed by atoms with van der Waals surface area (Å²) in [6.45, 7) is 3.40. The van der Waals surface area contributed by atoms with E-state index in [4.69, 9.17) is 4.74 Å². The van der Waals surface area contributed by atoms with Crippen LogP contribution in [-0.4, -0.2) is 45.2 Å². The number of ether oxygens (including phenoxy) is 1. The van der Waals surface area contributed by atoms with Crippen molar-refractivity contribution in [3.8, 4) is 0 Å². The maximum absolute atomic E-state index is 12.1. The van der Waals surface area contributed by atoms with E-state index in [0.717, 1.165) is 16.6 Å². The van der Waals surface area contributed by atoms with Gasteiger partial charge in [-0.15, -0.1) is 0 Å². The van der Waals surface area contributed by atoms with Gasteiger partial charge in [-0.2, -0.15) is 0 Å². The molecule has 1 aromatic rings. The highest BCUT2D eigenvalue weighted by atomic mass is 79.9. The molecule has 0 aliphatic carbocycles. The summed E-state index contributed by atoms with van der Waals surface area (Å²) in [6.07, 6.45) is 0. The standard InChI is InChI=1S/C14H21BrN2O2/c1-14(13(18)19-4,16-9-10-17(2)3)11-5-7-12(15)8-6-11/h5-8,16H,9-10H2,1-4H3. The third-order valence-electron chi connectivity index (χ3n) is 3.05. The number of hydrogen-bond donors (Lipinski definition) is 1. The minimum Gasteiger partial charge on any atom is -0.467 e. The van der Waals surface area contributed by atoms with Crippen LogP contribution in [0, 0.1) is 0 Å². The first kappa shape index (κ1) is 16.1. The van der Waals surface area contributed by atoms with Gasteiger partial charge in [-0.05, 0) is 38.7 Å². The van der Waals surface area contributed by atoms with Gasteiger partial charge >= 0.3 is 5.97 Å². The number of carbonyl (C=O) groups excluding carboxylic acids is 1. The van der Waals surface area contributed by atoms with E-state index in [-0.39, 0.29) is 5.97 Å². The van der Waals surface area contributed by atoms with Crippen molar-refractivity contribution in [2.75, 3.05) is 34.3 Å². The molecule has 0 heterocycles. The number of nitrogens with one attached hydrogen (secondary N) is 1. The lowest BCUT2D eigenvalue weighted by atomic mass is 9.92. The van der Waals surface area contributed by atoms with E-state index in [1.807, 2.05) is 45.3 Å². The molecule has 0 bridgehead atoms. The summed E-state index contributed by atoms with van der Waals surface area (Å²) in [5.41, 5.74) is 0.0622. The van der Waals surface area contributed by atoms with E-state index in [1.165, 1.54) is 7.11 Å². The summed E-state index contributed by atoms with van der Waals surface area (Å²) >= 11 is 3.39. The molecular formula is C14H21BrN2O2. The molecule has 1 N–H and O–H groups in total. The van der Waals surface area contributed by atoms with Crippen LogP contribution < -0.4 is 5.32 Å². The monoisotopic (exact) mass is 328 g/mol. The molecule has 0 aromatic heterocycles. The minimum absolute atomic E-state index is 0.284. The first-order chi connectivity index (χ1) is 8.90. The summed E-state index contributed by atoms with van der Waals surface area (Å²) in [5, 5.41) is 3.28. The Hall–Kier alpha value is -0.910. The molecule has 0 aliphatic rings. The van der Waals surface area contributed by atoms with Gasteiger partial charge in [0, 0.05) is 17.6 Å². The second-order valence-electron chi connectivity index (χ2n) is 4.85. The zero-order chi connectivity index (χ0) is 14.5. The van der Waals surface area contributed by atoms with Crippen LogP contribution in [0.4, 0.5) is 0 Å². The molecule has 0 aliphatic heterocycles. The van der Waals surface area contributed by atoms with Gasteiger partial charge in [0.05, 0.1) is 7.11 Å². The van der Waals surface area contributed by atoms with E-state index in [1.54, 1.807) is 0 Å². The molecule has 4 nitrogen and oxygen atoms in total. The third kappa shape index (κ3) is 4.30. The Labute approximate surface area is 123 Å². The number of halogens is 1. The van der Waals surface area contributed by atoms with Crippen molar-refractivity contribution in [1.82, 2.24) is 10.2 Å². The number of esters is 1. The predicted octanol–water partition coefficient (Wildman–Crippen LogP) is 1.99.